The van der Waals surface area contributed by atoms with Gasteiger partial charge in [0.15, 0.2) is 0 Å². The van der Waals surface area contributed by atoms with Crippen molar-refractivity contribution < 1.29 is 13.9 Å². The van der Waals surface area contributed by atoms with Crippen molar-refractivity contribution in [1.82, 2.24) is 0 Å². The third-order valence-corrected chi connectivity index (χ3v) is 3.25. The first-order valence-electron chi connectivity index (χ1n) is 6.08. The van der Waals surface area contributed by atoms with Crippen LogP contribution in [0.4, 0.5) is 14.5 Å². The maximum Gasteiger partial charge on any atom is 0.143 e. The summed E-state index contributed by atoms with van der Waals surface area (Å²) in [4.78, 5) is 0. The lowest BCUT2D eigenvalue weighted by Crippen LogP contribution is -2.13. The normalized spacial score (nSPS) is 11.8. The number of rotatable bonds is 4. The molecule has 2 aromatic rings. The molecule has 0 heterocycles. The second-order valence-electron chi connectivity index (χ2n) is 4.34. The van der Waals surface area contributed by atoms with Gasteiger partial charge in [0, 0.05) is 6.54 Å². The SMILES string of the molecule is N#Cc1c(F)cccc1NCC(O)c1ccc(Cl)c(F)c1. The summed E-state index contributed by atoms with van der Waals surface area (Å²) in [5, 5.41) is 21.6. The van der Waals surface area contributed by atoms with Crippen LogP contribution in [0.25, 0.3) is 0 Å². The summed E-state index contributed by atoms with van der Waals surface area (Å²) in [6, 6.07) is 9.87. The Morgan fingerprint density at radius 2 is 2.00 bits per heavy atom. The number of benzene rings is 2. The Morgan fingerprint density at radius 3 is 2.67 bits per heavy atom. The minimum Gasteiger partial charge on any atom is -0.387 e. The molecule has 0 aliphatic rings. The summed E-state index contributed by atoms with van der Waals surface area (Å²) in [6.07, 6.45) is -1.02. The fourth-order valence-electron chi connectivity index (χ4n) is 1.83. The van der Waals surface area contributed by atoms with E-state index in [1.54, 1.807) is 6.07 Å². The van der Waals surface area contributed by atoms with Crippen LogP contribution in [0, 0.1) is 23.0 Å². The zero-order valence-corrected chi connectivity index (χ0v) is 11.5. The van der Waals surface area contributed by atoms with E-state index in [1.165, 1.54) is 30.3 Å². The van der Waals surface area contributed by atoms with Crippen LogP contribution in [0.5, 0.6) is 0 Å². The van der Waals surface area contributed by atoms with Crippen LogP contribution >= 0.6 is 11.6 Å². The van der Waals surface area contributed by atoms with Crippen molar-refractivity contribution in [2.24, 2.45) is 0 Å². The highest BCUT2D eigenvalue weighted by Crippen LogP contribution is 2.22. The standard InChI is InChI=1S/C15H11ClF2N2O/c16-11-5-4-9(6-13(11)18)15(21)8-20-14-3-1-2-12(17)10(14)7-19/h1-6,15,20-21H,8H2. The van der Waals surface area contributed by atoms with Gasteiger partial charge in [-0.05, 0) is 29.8 Å². The number of anilines is 1. The smallest absolute Gasteiger partial charge is 0.143 e. The monoisotopic (exact) mass is 308 g/mol. The number of aliphatic hydroxyl groups is 1. The Morgan fingerprint density at radius 1 is 1.24 bits per heavy atom. The van der Waals surface area contributed by atoms with Gasteiger partial charge in [-0.1, -0.05) is 23.7 Å². The highest BCUT2D eigenvalue weighted by molar-refractivity contribution is 6.30. The van der Waals surface area contributed by atoms with E-state index >= 15 is 0 Å². The molecule has 0 amide bonds. The van der Waals surface area contributed by atoms with Gasteiger partial charge in [0.25, 0.3) is 0 Å². The fraction of sp³-hybridized carbons (Fsp3) is 0.133. The Hall–Kier alpha value is -2.16. The fourth-order valence-corrected chi connectivity index (χ4v) is 1.95. The molecule has 108 valence electrons. The summed E-state index contributed by atoms with van der Waals surface area (Å²) >= 11 is 5.57. The summed E-state index contributed by atoms with van der Waals surface area (Å²) in [5.41, 5.74) is 0.470. The first-order chi connectivity index (χ1) is 10.0. The first kappa shape index (κ1) is 15.2. The molecule has 0 radical (unpaired) electrons. The Labute approximate surface area is 125 Å². The molecule has 0 aliphatic heterocycles. The van der Waals surface area contributed by atoms with Gasteiger partial charge < -0.3 is 10.4 Å². The van der Waals surface area contributed by atoms with Crippen LogP contribution in [0.2, 0.25) is 5.02 Å². The van der Waals surface area contributed by atoms with Crippen molar-refractivity contribution in [2.75, 3.05) is 11.9 Å². The molecular weight excluding hydrogens is 298 g/mol. The van der Waals surface area contributed by atoms with Gasteiger partial charge in [0.05, 0.1) is 16.8 Å². The average Bonchev–Trinajstić information content (AvgIpc) is 2.47. The van der Waals surface area contributed by atoms with E-state index in [4.69, 9.17) is 16.9 Å². The van der Waals surface area contributed by atoms with Crippen LogP contribution in [0.1, 0.15) is 17.2 Å². The third-order valence-electron chi connectivity index (χ3n) is 2.94. The largest absolute Gasteiger partial charge is 0.387 e. The Kier molecular flexibility index (Phi) is 4.73. The summed E-state index contributed by atoms with van der Waals surface area (Å²) in [5.74, 6) is -1.27. The highest BCUT2D eigenvalue weighted by Gasteiger charge is 2.12. The zero-order chi connectivity index (χ0) is 15.4. The summed E-state index contributed by atoms with van der Waals surface area (Å²) < 4.78 is 26.7. The van der Waals surface area contributed by atoms with Crippen molar-refractivity contribution in [3.63, 3.8) is 0 Å². The second kappa shape index (κ2) is 6.53. The third kappa shape index (κ3) is 3.48. The number of hydrogen-bond donors (Lipinski definition) is 2. The van der Waals surface area contributed by atoms with Gasteiger partial charge in [0.1, 0.15) is 23.3 Å². The van der Waals surface area contributed by atoms with Gasteiger partial charge >= 0.3 is 0 Å². The minimum absolute atomic E-state index is 0.000788. The van der Waals surface area contributed by atoms with Crippen molar-refractivity contribution in [2.45, 2.75) is 6.10 Å². The molecule has 0 spiro atoms. The van der Waals surface area contributed by atoms with Crippen LogP contribution in [-0.4, -0.2) is 11.7 Å². The van der Waals surface area contributed by atoms with Crippen molar-refractivity contribution in [1.29, 1.82) is 5.26 Å². The van der Waals surface area contributed by atoms with Gasteiger partial charge in [-0.25, -0.2) is 8.78 Å². The molecule has 0 fully saturated rings. The number of nitrogens with zero attached hydrogens (tertiary/aromatic N) is 1. The number of halogens is 3. The van der Waals surface area contributed by atoms with E-state index in [-0.39, 0.29) is 22.8 Å². The second-order valence-corrected chi connectivity index (χ2v) is 4.75. The van der Waals surface area contributed by atoms with Crippen LogP contribution in [-0.2, 0) is 0 Å². The van der Waals surface area contributed by atoms with Gasteiger partial charge in [-0.3, -0.25) is 0 Å². The van der Waals surface area contributed by atoms with Crippen LogP contribution in [0.15, 0.2) is 36.4 Å². The van der Waals surface area contributed by atoms with Crippen molar-refractivity contribution >= 4 is 17.3 Å². The molecule has 2 N–H and O–H groups in total. The van der Waals surface area contributed by atoms with Crippen LogP contribution in [0.3, 0.4) is 0 Å². The first-order valence-corrected chi connectivity index (χ1v) is 6.46. The summed E-state index contributed by atoms with van der Waals surface area (Å²) in [7, 11) is 0. The molecule has 0 saturated heterocycles. The molecule has 0 bridgehead atoms. The number of hydrogen-bond acceptors (Lipinski definition) is 3. The van der Waals surface area contributed by atoms with Gasteiger partial charge in [0.2, 0.25) is 0 Å². The average molecular weight is 309 g/mol. The van der Waals surface area contributed by atoms with Gasteiger partial charge in [-0.15, -0.1) is 0 Å². The Bertz CT molecular complexity index is 701. The van der Waals surface area contributed by atoms with E-state index in [9.17, 15) is 13.9 Å². The zero-order valence-electron chi connectivity index (χ0n) is 10.8. The van der Waals surface area contributed by atoms with E-state index in [0.29, 0.717) is 5.56 Å². The number of nitrogens with one attached hydrogen (secondary N) is 1. The summed E-state index contributed by atoms with van der Waals surface area (Å²) in [6.45, 7) is -0.000788. The lowest BCUT2D eigenvalue weighted by Gasteiger charge is -2.14. The predicted molar refractivity (Wildman–Crippen MR) is 76.0 cm³/mol. The van der Waals surface area contributed by atoms with E-state index in [1.807, 2.05) is 0 Å². The maximum absolute atomic E-state index is 13.4. The molecule has 3 nitrogen and oxygen atoms in total. The quantitative estimate of drug-likeness (QED) is 0.906. The molecule has 2 aromatic carbocycles. The lowest BCUT2D eigenvalue weighted by molar-refractivity contribution is 0.191. The number of aliphatic hydroxyl groups excluding tert-OH is 1. The lowest BCUT2D eigenvalue weighted by atomic mass is 10.1. The highest BCUT2D eigenvalue weighted by atomic mass is 35.5. The molecule has 21 heavy (non-hydrogen) atoms. The molecule has 0 aliphatic carbocycles. The molecule has 2 rings (SSSR count). The topological polar surface area (TPSA) is 56.0 Å². The van der Waals surface area contributed by atoms with Crippen molar-refractivity contribution in [3.05, 3.63) is 64.2 Å². The van der Waals surface area contributed by atoms with E-state index in [2.05, 4.69) is 5.32 Å². The minimum atomic E-state index is -1.02. The molecule has 0 aromatic heterocycles. The maximum atomic E-state index is 13.4. The molecular formula is C15H11ClF2N2O. The molecule has 6 heteroatoms. The predicted octanol–water partition coefficient (Wildman–Crippen LogP) is 3.64. The number of nitriles is 1. The van der Waals surface area contributed by atoms with Crippen LogP contribution < -0.4 is 5.32 Å². The molecule has 1 atom stereocenters. The molecule has 0 saturated carbocycles. The van der Waals surface area contributed by atoms with Gasteiger partial charge in [-0.2, -0.15) is 5.26 Å². The Balaban J connectivity index is 2.11. The van der Waals surface area contributed by atoms with Crippen molar-refractivity contribution in [3.8, 4) is 6.07 Å². The van der Waals surface area contributed by atoms with E-state index < -0.39 is 17.7 Å². The van der Waals surface area contributed by atoms with E-state index in [0.717, 1.165) is 6.07 Å². The molecule has 1 unspecified atom stereocenters.